The van der Waals surface area contributed by atoms with Crippen molar-refractivity contribution in [2.45, 2.75) is 31.5 Å². The summed E-state index contributed by atoms with van der Waals surface area (Å²) in [5.74, 6) is -1.31. The smallest absolute Gasteiger partial charge is 0.416 e. The fourth-order valence-electron chi connectivity index (χ4n) is 2.50. The number of aliphatic carboxylic acids is 1. The first kappa shape index (κ1) is 15.6. The highest BCUT2D eigenvalue weighted by Gasteiger charge is 2.34. The Morgan fingerprint density at radius 1 is 1.33 bits per heavy atom. The minimum Gasteiger partial charge on any atom is -0.480 e. The Hall–Kier alpha value is -1.76. The summed E-state index contributed by atoms with van der Waals surface area (Å²) in [6.07, 6.45) is -2.94. The van der Waals surface area contributed by atoms with E-state index in [1.807, 2.05) is 4.90 Å². The lowest BCUT2D eigenvalue weighted by atomic mass is 9.99. The van der Waals surface area contributed by atoms with Crippen molar-refractivity contribution in [2.75, 3.05) is 18.0 Å². The average Bonchev–Trinajstić information content (AvgIpc) is 2.91. The quantitative estimate of drug-likeness (QED) is 0.895. The fraction of sp³-hybridized carbons (Fsp3) is 0.500. The highest BCUT2D eigenvalue weighted by molar-refractivity contribution is 5.73. The summed E-state index contributed by atoms with van der Waals surface area (Å²) in [7, 11) is 0. The third-order valence-electron chi connectivity index (χ3n) is 3.63. The predicted molar refractivity (Wildman–Crippen MR) is 72.2 cm³/mol. The first-order valence-corrected chi connectivity index (χ1v) is 6.72. The largest absolute Gasteiger partial charge is 0.480 e. The van der Waals surface area contributed by atoms with Gasteiger partial charge in [0.25, 0.3) is 0 Å². The lowest BCUT2D eigenvalue weighted by molar-refractivity contribution is -0.140. The van der Waals surface area contributed by atoms with Gasteiger partial charge in [-0.3, -0.25) is 4.79 Å². The zero-order chi connectivity index (χ0) is 15.6. The summed E-state index contributed by atoms with van der Waals surface area (Å²) in [5, 5.41) is 8.75. The number of anilines is 1. The van der Waals surface area contributed by atoms with Crippen molar-refractivity contribution in [2.24, 2.45) is 5.73 Å². The molecule has 0 radical (unpaired) electrons. The van der Waals surface area contributed by atoms with Gasteiger partial charge in [0.1, 0.15) is 6.04 Å². The molecule has 0 aliphatic carbocycles. The molecule has 1 saturated heterocycles. The molecule has 0 bridgehead atoms. The van der Waals surface area contributed by atoms with E-state index < -0.39 is 23.8 Å². The van der Waals surface area contributed by atoms with Crippen LogP contribution in [0.4, 0.5) is 18.9 Å². The van der Waals surface area contributed by atoms with Crippen LogP contribution in [0, 0.1) is 0 Å². The topological polar surface area (TPSA) is 66.6 Å². The van der Waals surface area contributed by atoms with Gasteiger partial charge in [-0.1, -0.05) is 6.07 Å². The van der Waals surface area contributed by atoms with Crippen LogP contribution >= 0.6 is 0 Å². The van der Waals surface area contributed by atoms with Crippen LogP contribution in [0.1, 0.15) is 24.0 Å². The first-order valence-electron chi connectivity index (χ1n) is 6.72. The number of halogens is 3. The SMILES string of the molecule is NC(Cc1ccc(N2CCCC2)cc1C(F)(F)F)C(=O)O. The van der Waals surface area contributed by atoms with Gasteiger partial charge in [0, 0.05) is 18.8 Å². The lowest BCUT2D eigenvalue weighted by Gasteiger charge is -2.21. The van der Waals surface area contributed by atoms with E-state index in [1.54, 1.807) is 6.07 Å². The second kappa shape index (κ2) is 5.93. The van der Waals surface area contributed by atoms with Crippen LogP contribution in [0.15, 0.2) is 18.2 Å². The second-order valence-electron chi connectivity index (χ2n) is 5.18. The van der Waals surface area contributed by atoms with Crippen LogP contribution in [-0.4, -0.2) is 30.2 Å². The lowest BCUT2D eigenvalue weighted by Crippen LogP contribution is -2.33. The average molecular weight is 302 g/mol. The van der Waals surface area contributed by atoms with Gasteiger partial charge in [-0.2, -0.15) is 13.2 Å². The Kier molecular flexibility index (Phi) is 4.41. The van der Waals surface area contributed by atoms with Crippen LogP contribution in [-0.2, 0) is 17.4 Å². The summed E-state index contributed by atoms with van der Waals surface area (Å²) >= 11 is 0. The standard InChI is InChI=1S/C14H17F3N2O2/c15-14(16,17)11-8-10(19-5-1-2-6-19)4-3-9(11)7-12(18)13(20)21/h3-4,8,12H,1-2,5-7,18H2,(H,20,21). The van der Waals surface area contributed by atoms with E-state index in [0.29, 0.717) is 5.69 Å². The molecular weight excluding hydrogens is 285 g/mol. The number of benzene rings is 1. The highest BCUT2D eigenvalue weighted by Crippen LogP contribution is 2.35. The summed E-state index contributed by atoms with van der Waals surface area (Å²) in [6.45, 7) is 1.48. The summed E-state index contributed by atoms with van der Waals surface area (Å²) in [5.41, 5.74) is 4.98. The van der Waals surface area contributed by atoms with E-state index in [4.69, 9.17) is 10.8 Å². The van der Waals surface area contributed by atoms with Crippen LogP contribution in [0.25, 0.3) is 0 Å². The molecule has 3 N–H and O–H groups in total. The van der Waals surface area contributed by atoms with Gasteiger partial charge in [0.05, 0.1) is 5.56 Å². The minimum atomic E-state index is -4.52. The van der Waals surface area contributed by atoms with E-state index in [9.17, 15) is 18.0 Å². The van der Waals surface area contributed by atoms with Gasteiger partial charge in [-0.15, -0.1) is 0 Å². The van der Waals surface area contributed by atoms with Gasteiger partial charge >= 0.3 is 12.1 Å². The third-order valence-corrected chi connectivity index (χ3v) is 3.63. The molecule has 0 saturated carbocycles. The van der Waals surface area contributed by atoms with Crippen molar-refractivity contribution >= 4 is 11.7 Å². The molecule has 1 atom stereocenters. The van der Waals surface area contributed by atoms with Gasteiger partial charge < -0.3 is 15.7 Å². The molecule has 21 heavy (non-hydrogen) atoms. The van der Waals surface area contributed by atoms with Crippen molar-refractivity contribution < 1.29 is 23.1 Å². The fourth-order valence-corrected chi connectivity index (χ4v) is 2.50. The molecule has 0 spiro atoms. The zero-order valence-electron chi connectivity index (χ0n) is 11.4. The van der Waals surface area contributed by atoms with Gasteiger partial charge in [0.2, 0.25) is 0 Å². The number of hydrogen-bond donors (Lipinski definition) is 2. The molecule has 1 aromatic rings. The summed E-state index contributed by atoms with van der Waals surface area (Å²) in [4.78, 5) is 12.6. The number of carboxylic acid groups (broad SMARTS) is 1. The van der Waals surface area contributed by atoms with Gasteiger partial charge in [0.15, 0.2) is 0 Å². The molecule has 4 nitrogen and oxygen atoms in total. The number of nitrogens with zero attached hydrogens (tertiary/aromatic N) is 1. The Morgan fingerprint density at radius 2 is 1.95 bits per heavy atom. The molecule has 116 valence electrons. The van der Waals surface area contributed by atoms with Crippen molar-refractivity contribution in [3.8, 4) is 0 Å². The number of nitrogens with two attached hydrogens (primary N) is 1. The van der Waals surface area contributed by atoms with Crippen molar-refractivity contribution in [1.82, 2.24) is 0 Å². The molecule has 0 amide bonds. The molecule has 2 rings (SSSR count). The first-order chi connectivity index (χ1) is 9.79. The van der Waals surface area contributed by atoms with Crippen LogP contribution in [0.2, 0.25) is 0 Å². The third kappa shape index (κ3) is 3.66. The Balaban J connectivity index is 2.33. The van der Waals surface area contributed by atoms with E-state index >= 15 is 0 Å². The molecule has 7 heteroatoms. The molecule has 1 aromatic carbocycles. The van der Waals surface area contributed by atoms with E-state index in [0.717, 1.165) is 32.0 Å². The maximum atomic E-state index is 13.2. The predicted octanol–water partition coefficient (Wildman–Crippen LogP) is 2.26. The second-order valence-corrected chi connectivity index (χ2v) is 5.18. The van der Waals surface area contributed by atoms with Crippen LogP contribution in [0.5, 0.6) is 0 Å². The number of rotatable bonds is 4. The molecule has 1 heterocycles. The van der Waals surface area contributed by atoms with Crippen molar-refractivity contribution in [1.29, 1.82) is 0 Å². The Labute approximate surface area is 120 Å². The van der Waals surface area contributed by atoms with Crippen LogP contribution < -0.4 is 10.6 Å². The van der Waals surface area contributed by atoms with E-state index in [-0.39, 0.29) is 12.0 Å². The molecule has 0 aromatic heterocycles. The Bertz CT molecular complexity index is 525. The van der Waals surface area contributed by atoms with Gasteiger partial charge in [-0.05, 0) is 37.0 Å². The van der Waals surface area contributed by atoms with Crippen molar-refractivity contribution in [3.05, 3.63) is 29.3 Å². The number of carbonyl (C=O) groups is 1. The number of alkyl halides is 3. The molecular formula is C14H17F3N2O2. The summed E-state index contributed by atoms with van der Waals surface area (Å²) < 4.78 is 39.5. The maximum Gasteiger partial charge on any atom is 0.416 e. The molecule has 1 aliphatic rings. The summed E-state index contributed by atoms with van der Waals surface area (Å²) in [6, 6.07) is 2.68. The number of carboxylic acids is 1. The van der Waals surface area contributed by atoms with E-state index in [2.05, 4.69) is 0 Å². The highest BCUT2D eigenvalue weighted by atomic mass is 19.4. The maximum absolute atomic E-state index is 13.2. The minimum absolute atomic E-state index is 0.0830. The normalized spacial score (nSPS) is 17.0. The van der Waals surface area contributed by atoms with Gasteiger partial charge in [-0.25, -0.2) is 0 Å². The molecule has 1 unspecified atom stereocenters. The molecule has 1 aliphatic heterocycles. The van der Waals surface area contributed by atoms with E-state index in [1.165, 1.54) is 6.07 Å². The Morgan fingerprint density at radius 3 is 2.48 bits per heavy atom. The zero-order valence-corrected chi connectivity index (χ0v) is 11.4. The van der Waals surface area contributed by atoms with Crippen LogP contribution in [0.3, 0.4) is 0 Å². The monoisotopic (exact) mass is 302 g/mol. The number of hydrogen-bond acceptors (Lipinski definition) is 3. The van der Waals surface area contributed by atoms with Crippen molar-refractivity contribution in [3.63, 3.8) is 0 Å². The molecule has 1 fully saturated rings.